The van der Waals surface area contributed by atoms with Crippen molar-refractivity contribution in [1.82, 2.24) is 4.98 Å². The van der Waals surface area contributed by atoms with Crippen LogP contribution in [0.5, 0.6) is 0 Å². The van der Waals surface area contributed by atoms with Gasteiger partial charge < -0.3 is 5.32 Å². The Kier molecular flexibility index (Phi) is 4.66. The molecule has 0 amide bonds. The number of rotatable bonds is 5. The van der Waals surface area contributed by atoms with Crippen molar-refractivity contribution in [2.75, 3.05) is 5.32 Å². The summed E-state index contributed by atoms with van der Waals surface area (Å²) in [6, 6.07) is 19.5. The number of nitrogens with one attached hydrogen (secondary N) is 1. The van der Waals surface area contributed by atoms with Crippen LogP contribution in [0.4, 0.5) is 10.1 Å². The summed E-state index contributed by atoms with van der Waals surface area (Å²) in [5.74, 6) is 0. The monoisotopic (exact) mass is 332 g/mol. The van der Waals surface area contributed by atoms with E-state index in [1.54, 1.807) is 26.2 Å². The first-order chi connectivity index (χ1) is 11.9. The van der Waals surface area contributed by atoms with Gasteiger partial charge in [-0.05, 0) is 54.3 Å². The lowest BCUT2D eigenvalue weighted by Crippen LogP contribution is -2.08. The number of hydrogen-bond acceptors (Lipinski definition) is 2. The van der Waals surface area contributed by atoms with Crippen molar-refractivity contribution in [3.8, 4) is 11.1 Å². The maximum absolute atomic E-state index is 14.2. The molecule has 3 heteroatoms. The van der Waals surface area contributed by atoms with Crippen molar-refractivity contribution < 1.29 is 4.39 Å². The normalized spacial score (nSPS) is 11.2. The highest BCUT2D eigenvalue weighted by molar-refractivity contribution is 5.76. The van der Waals surface area contributed by atoms with E-state index in [1.807, 2.05) is 60.7 Å². The quantitative estimate of drug-likeness (QED) is 0.616. The van der Waals surface area contributed by atoms with E-state index in [4.69, 9.17) is 0 Å². The molecular weight excluding hydrogens is 311 g/mol. The largest absolute Gasteiger partial charge is 0.355 e. The first kappa shape index (κ1) is 16.9. The molecule has 3 aromatic rings. The van der Waals surface area contributed by atoms with Gasteiger partial charge in [0.2, 0.25) is 0 Å². The van der Waals surface area contributed by atoms with Gasteiger partial charge in [-0.25, -0.2) is 4.39 Å². The predicted molar refractivity (Wildman–Crippen MR) is 103 cm³/mol. The predicted octanol–water partition coefficient (Wildman–Crippen LogP) is 6.04. The molecule has 0 aliphatic rings. The zero-order chi connectivity index (χ0) is 17.9. The lowest BCUT2D eigenvalue weighted by Gasteiger charge is -2.16. The summed E-state index contributed by atoms with van der Waals surface area (Å²) in [6.07, 6.45) is 3.47. The zero-order valence-electron chi connectivity index (χ0n) is 14.5. The molecule has 25 heavy (non-hydrogen) atoms. The smallest absolute Gasteiger partial charge is 0.130 e. The van der Waals surface area contributed by atoms with E-state index in [-0.39, 0.29) is 0 Å². The van der Waals surface area contributed by atoms with Crippen LogP contribution < -0.4 is 5.32 Å². The summed E-state index contributed by atoms with van der Waals surface area (Å²) in [6.45, 7) is 7.23. The van der Waals surface area contributed by atoms with Crippen molar-refractivity contribution in [2.24, 2.45) is 0 Å². The summed E-state index contributed by atoms with van der Waals surface area (Å²) in [7, 11) is 0. The Bertz CT molecular complexity index is 863. The van der Waals surface area contributed by atoms with Gasteiger partial charge in [0.05, 0.1) is 0 Å². The van der Waals surface area contributed by atoms with Gasteiger partial charge in [0.15, 0.2) is 0 Å². The Morgan fingerprint density at radius 3 is 2.28 bits per heavy atom. The molecule has 0 spiro atoms. The number of alkyl halides is 1. The molecule has 0 unspecified atom stereocenters. The summed E-state index contributed by atoms with van der Waals surface area (Å²) < 4.78 is 14.2. The minimum Gasteiger partial charge on any atom is -0.355 e. The molecule has 0 fully saturated rings. The summed E-state index contributed by atoms with van der Waals surface area (Å²) in [5, 5.41) is 3.26. The molecule has 1 N–H and O–H groups in total. The maximum atomic E-state index is 14.2. The molecule has 0 saturated carbocycles. The van der Waals surface area contributed by atoms with Crippen LogP contribution in [0.15, 0.2) is 79.6 Å². The van der Waals surface area contributed by atoms with Gasteiger partial charge in [-0.15, -0.1) is 0 Å². The van der Waals surface area contributed by atoms with Gasteiger partial charge in [0.25, 0.3) is 0 Å². The van der Waals surface area contributed by atoms with Gasteiger partial charge in [-0.3, -0.25) is 4.98 Å². The van der Waals surface area contributed by atoms with Gasteiger partial charge in [-0.2, -0.15) is 0 Å². The summed E-state index contributed by atoms with van der Waals surface area (Å²) >= 11 is 0. The van der Waals surface area contributed by atoms with Gasteiger partial charge in [0.1, 0.15) is 5.67 Å². The minimum absolute atomic E-state index is 0.679. The standard InChI is InChI=1S/C22H21FN2/c1-16(25-21-11-13-24-14-12-21)17-7-9-18(10-8-17)19-5-4-6-20(15-19)22(2,3)23/h4-15H,1H2,2-3H3,(H,24,25). The number of nitrogens with zero attached hydrogens (tertiary/aromatic N) is 1. The number of aromatic nitrogens is 1. The van der Waals surface area contributed by atoms with E-state index < -0.39 is 5.67 Å². The summed E-state index contributed by atoms with van der Waals surface area (Å²) in [4.78, 5) is 4.00. The average Bonchev–Trinajstić information content (AvgIpc) is 2.62. The third-order valence-corrected chi connectivity index (χ3v) is 4.09. The Hall–Kier alpha value is -2.94. The van der Waals surface area contributed by atoms with Crippen molar-refractivity contribution in [3.63, 3.8) is 0 Å². The van der Waals surface area contributed by atoms with Gasteiger partial charge >= 0.3 is 0 Å². The van der Waals surface area contributed by atoms with Crippen LogP contribution >= 0.6 is 0 Å². The van der Waals surface area contributed by atoms with Gasteiger partial charge in [0, 0.05) is 23.8 Å². The first-order valence-corrected chi connectivity index (χ1v) is 8.20. The molecule has 1 heterocycles. The molecule has 0 radical (unpaired) electrons. The molecule has 3 rings (SSSR count). The maximum Gasteiger partial charge on any atom is 0.130 e. The molecule has 0 saturated heterocycles. The van der Waals surface area contributed by atoms with E-state index in [2.05, 4.69) is 16.9 Å². The first-order valence-electron chi connectivity index (χ1n) is 8.20. The van der Waals surface area contributed by atoms with Crippen molar-refractivity contribution in [1.29, 1.82) is 0 Å². The second kappa shape index (κ2) is 6.89. The Morgan fingerprint density at radius 1 is 0.960 bits per heavy atom. The van der Waals surface area contributed by atoms with Crippen LogP contribution in [0.2, 0.25) is 0 Å². The molecule has 2 aromatic carbocycles. The molecule has 0 aliphatic carbocycles. The third-order valence-electron chi connectivity index (χ3n) is 4.09. The molecule has 126 valence electrons. The number of halogens is 1. The van der Waals surface area contributed by atoms with E-state index in [9.17, 15) is 4.39 Å². The van der Waals surface area contributed by atoms with Crippen LogP contribution in [0.1, 0.15) is 25.0 Å². The number of hydrogen-bond donors (Lipinski definition) is 1. The van der Waals surface area contributed by atoms with Crippen molar-refractivity contribution in [3.05, 3.63) is 90.8 Å². The van der Waals surface area contributed by atoms with E-state index in [1.165, 1.54) is 0 Å². The van der Waals surface area contributed by atoms with Crippen LogP contribution in [0.25, 0.3) is 16.8 Å². The average molecular weight is 332 g/mol. The second-order valence-electron chi connectivity index (χ2n) is 6.47. The zero-order valence-corrected chi connectivity index (χ0v) is 14.5. The SMILES string of the molecule is C=C(Nc1ccncc1)c1ccc(-c2cccc(C(C)(C)F)c2)cc1. The molecular formula is C22H21FN2. The Labute approximate surface area is 148 Å². The highest BCUT2D eigenvalue weighted by Crippen LogP contribution is 2.29. The molecule has 0 aliphatic heterocycles. The van der Waals surface area contributed by atoms with E-state index >= 15 is 0 Å². The van der Waals surface area contributed by atoms with Crippen LogP contribution in [0, 0.1) is 0 Å². The van der Waals surface area contributed by atoms with Crippen LogP contribution in [-0.2, 0) is 5.67 Å². The second-order valence-corrected chi connectivity index (χ2v) is 6.47. The van der Waals surface area contributed by atoms with Crippen LogP contribution in [0.3, 0.4) is 0 Å². The van der Waals surface area contributed by atoms with E-state index in [0.29, 0.717) is 5.56 Å². The molecule has 0 bridgehead atoms. The Balaban J connectivity index is 1.80. The third kappa shape index (κ3) is 4.13. The highest BCUT2D eigenvalue weighted by atomic mass is 19.1. The van der Waals surface area contributed by atoms with Crippen molar-refractivity contribution in [2.45, 2.75) is 19.5 Å². The fourth-order valence-electron chi connectivity index (χ4n) is 2.61. The fraction of sp³-hybridized carbons (Fsp3) is 0.136. The fourth-order valence-corrected chi connectivity index (χ4v) is 2.61. The topological polar surface area (TPSA) is 24.9 Å². The lowest BCUT2D eigenvalue weighted by molar-refractivity contribution is 0.221. The van der Waals surface area contributed by atoms with Crippen LogP contribution in [-0.4, -0.2) is 4.98 Å². The number of pyridine rings is 1. The highest BCUT2D eigenvalue weighted by Gasteiger charge is 2.18. The minimum atomic E-state index is -1.35. The molecule has 2 nitrogen and oxygen atoms in total. The van der Waals surface area contributed by atoms with Gasteiger partial charge in [-0.1, -0.05) is 49.0 Å². The number of benzene rings is 2. The summed E-state index contributed by atoms with van der Waals surface area (Å²) in [5.41, 5.74) is 4.14. The molecule has 1 aromatic heterocycles. The van der Waals surface area contributed by atoms with Crippen molar-refractivity contribution >= 4 is 11.4 Å². The lowest BCUT2D eigenvalue weighted by atomic mass is 9.95. The Morgan fingerprint density at radius 2 is 1.64 bits per heavy atom. The number of anilines is 1. The van der Waals surface area contributed by atoms with E-state index in [0.717, 1.165) is 28.1 Å². The molecule has 0 atom stereocenters.